The van der Waals surface area contributed by atoms with Crippen LogP contribution in [0.5, 0.6) is 0 Å². The topological polar surface area (TPSA) is 140 Å². The number of nitrogens with zero attached hydrogens (tertiary/aromatic N) is 6. The lowest BCUT2D eigenvalue weighted by molar-refractivity contribution is -0.136. The second-order valence-electron chi connectivity index (χ2n) is 11.7. The minimum atomic E-state index is -0.0948. The highest BCUT2D eigenvalue weighted by atomic mass is 16.4. The number of piperazine rings is 1. The second-order valence-corrected chi connectivity index (χ2v) is 11.7. The van der Waals surface area contributed by atoms with Crippen LogP contribution in [0.25, 0.3) is 33.4 Å². The normalized spacial score (nSPS) is 21.4. The number of nitrogens with one attached hydrogen (secondary N) is 2. The lowest BCUT2D eigenvalue weighted by Gasteiger charge is -2.38. The van der Waals surface area contributed by atoms with E-state index >= 15 is 0 Å². The van der Waals surface area contributed by atoms with Crippen LogP contribution in [0.4, 0.5) is 17.5 Å². The molecule has 2 fully saturated rings. The third-order valence-corrected chi connectivity index (χ3v) is 8.76. The summed E-state index contributed by atoms with van der Waals surface area (Å²) >= 11 is 0. The zero-order valence-electron chi connectivity index (χ0n) is 24.1. The summed E-state index contributed by atoms with van der Waals surface area (Å²) in [6.07, 6.45) is 5.25. The molecule has 2 aromatic carbocycles. The number of fused-ring (bicyclic) bond motifs is 2. The highest BCUT2D eigenvalue weighted by Crippen LogP contribution is 2.39. The summed E-state index contributed by atoms with van der Waals surface area (Å²) in [6.45, 7) is 5.69. The Hall–Kier alpha value is -4.51. The Bertz CT molecular complexity index is 1780. The van der Waals surface area contributed by atoms with E-state index in [4.69, 9.17) is 15.2 Å². The quantitative estimate of drug-likeness (QED) is 0.276. The number of nitrogens with two attached hydrogens (primary N) is 1. The number of nitrogen functional groups attached to an aromatic ring is 1. The molecule has 1 aliphatic carbocycles. The fourth-order valence-corrected chi connectivity index (χ4v) is 6.59. The summed E-state index contributed by atoms with van der Waals surface area (Å²) in [5.74, 6) is 0.942. The van der Waals surface area contributed by atoms with Gasteiger partial charge in [0.25, 0.3) is 6.01 Å². The van der Waals surface area contributed by atoms with Crippen LogP contribution in [-0.4, -0.2) is 61.7 Å². The first kappa shape index (κ1) is 26.4. The monoisotopic (exact) mass is 565 g/mol. The molecular formula is C31H35N9O2. The summed E-state index contributed by atoms with van der Waals surface area (Å²) < 4.78 is 8.00. The molecule has 1 atom stereocenters. The van der Waals surface area contributed by atoms with Crippen LogP contribution in [0, 0.1) is 19.8 Å². The third kappa shape index (κ3) is 4.63. The van der Waals surface area contributed by atoms with Crippen LogP contribution in [0.1, 0.15) is 42.9 Å². The van der Waals surface area contributed by atoms with E-state index in [-0.39, 0.29) is 18.0 Å². The number of likely N-dealkylation sites (N-methyl/N-ethyl adjacent to an activating group) is 1. The number of hydrogen-bond donors (Lipinski definition) is 3. The molecule has 0 radical (unpaired) electrons. The van der Waals surface area contributed by atoms with Crippen molar-refractivity contribution >= 4 is 45.6 Å². The number of oxazole rings is 1. The Morgan fingerprint density at radius 2 is 1.86 bits per heavy atom. The number of carbonyl (C=O) groups excluding carboxylic acids is 1. The van der Waals surface area contributed by atoms with E-state index in [1.165, 1.54) is 6.33 Å². The molecule has 4 heterocycles. The SMILES string of the molecule is Cc1cc(C)c2oc(Nc3ccc(-c4nn(C5CCC(C6NCCN(C)C6=O)CC5)c5ncnc(N)c45)cc3)nc2c1. The molecule has 1 unspecified atom stereocenters. The van der Waals surface area contributed by atoms with E-state index in [1.54, 1.807) is 0 Å². The minimum absolute atomic E-state index is 0.0948. The lowest BCUT2D eigenvalue weighted by Crippen LogP contribution is -2.57. The minimum Gasteiger partial charge on any atom is -0.423 e. The maximum atomic E-state index is 12.7. The van der Waals surface area contributed by atoms with Crippen molar-refractivity contribution < 1.29 is 9.21 Å². The third-order valence-electron chi connectivity index (χ3n) is 8.76. The average molecular weight is 566 g/mol. The van der Waals surface area contributed by atoms with E-state index in [9.17, 15) is 4.79 Å². The number of amides is 1. The van der Waals surface area contributed by atoms with Crippen molar-refractivity contribution in [1.82, 2.24) is 34.9 Å². The van der Waals surface area contributed by atoms with Crippen LogP contribution in [0.2, 0.25) is 0 Å². The van der Waals surface area contributed by atoms with Crippen LogP contribution < -0.4 is 16.4 Å². The van der Waals surface area contributed by atoms with E-state index in [0.29, 0.717) is 17.8 Å². The first-order valence-electron chi connectivity index (χ1n) is 14.6. The number of rotatable bonds is 5. The van der Waals surface area contributed by atoms with Gasteiger partial charge in [0.2, 0.25) is 5.91 Å². The Morgan fingerprint density at radius 3 is 2.64 bits per heavy atom. The second kappa shape index (κ2) is 10.4. The predicted octanol–water partition coefficient (Wildman–Crippen LogP) is 4.74. The molecule has 3 aromatic heterocycles. The van der Waals surface area contributed by atoms with Crippen LogP contribution in [-0.2, 0) is 4.79 Å². The fraction of sp³-hybridized carbons (Fsp3) is 0.387. The Balaban J connectivity index is 1.13. The fourth-order valence-electron chi connectivity index (χ4n) is 6.59. The molecule has 11 heteroatoms. The molecular weight excluding hydrogens is 530 g/mol. The molecule has 0 spiro atoms. The lowest BCUT2D eigenvalue weighted by atomic mass is 9.80. The molecule has 5 aromatic rings. The first-order chi connectivity index (χ1) is 20.4. The summed E-state index contributed by atoms with van der Waals surface area (Å²) in [5.41, 5.74) is 13.5. The zero-order chi connectivity index (χ0) is 29.0. The van der Waals surface area contributed by atoms with Gasteiger partial charge in [0.1, 0.15) is 23.4 Å². The van der Waals surface area contributed by atoms with Gasteiger partial charge in [0, 0.05) is 31.4 Å². The van der Waals surface area contributed by atoms with E-state index in [1.807, 2.05) is 53.9 Å². The van der Waals surface area contributed by atoms with Gasteiger partial charge >= 0.3 is 0 Å². The molecule has 1 amide bonds. The van der Waals surface area contributed by atoms with Gasteiger partial charge in [-0.3, -0.25) is 4.79 Å². The number of anilines is 3. The summed E-state index contributed by atoms with van der Waals surface area (Å²) in [7, 11) is 1.89. The molecule has 11 nitrogen and oxygen atoms in total. The maximum absolute atomic E-state index is 12.7. The van der Waals surface area contributed by atoms with Crippen LogP contribution in [0.15, 0.2) is 47.1 Å². The largest absolute Gasteiger partial charge is 0.423 e. The number of aromatic nitrogens is 5. The average Bonchev–Trinajstić information content (AvgIpc) is 3.58. The summed E-state index contributed by atoms with van der Waals surface area (Å²) in [4.78, 5) is 28.1. The van der Waals surface area contributed by atoms with Crippen molar-refractivity contribution in [2.45, 2.75) is 51.6 Å². The number of hydrogen-bond acceptors (Lipinski definition) is 9. The standard InChI is InChI=1S/C31H35N9O2/c1-17-14-18(2)27-23(15-17)37-31(42-27)36-21-8-4-19(5-9-21)25-24-28(32)34-16-35-29(24)40(38-25)22-10-6-20(7-11-22)26-30(41)39(3)13-12-33-26/h4-5,8-9,14-16,20,22,26,33H,6-7,10-13H2,1-3H3,(H,36,37)(H2,32,34,35). The number of benzene rings is 2. The van der Waals surface area contributed by atoms with Crippen molar-refractivity contribution in [2.24, 2.45) is 5.92 Å². The summed E-state index contributed by atoms with van der Waals surface area (Å²) in [6, 6.07) is 12.6. The molecule has 216 valence electrons. The number of aryl methyl sites for hydroxylation is 2. The van der Waals surface area contributed by atoms with E-state index < -0.39 is 0 Å². The van der Waals surface area contributed by atoms with Crippen LogP contribution >= 0.6 is 0 Å². The predicted molar refractivity (Wildman–Crippen MR) is 162 cm³/mol. The molecule has 1 saturated carbocycles. The van der Waals surface area contributed by atoms with Gasteiger partial charge in [-0.05, 0) is 74.8 Å². The Kier molecular flexibility index (Phi) is 6.53. The molecule has 1 aliphatic heterocycles. The maximum Gasteiger partial charge on any atom is 0.300 e. The molecule has 1 saturated heterocycles. The molecule has 2 aliphatic rings. The van der Waals surface area contributed by atoms with Crippen LogP contribution in [0.3, 0.4) is 0 Å². The van der Waals surface area contributed by atoms with Crippen molar-refractivity contribution in [1.29, 1.82) is 0 Å². The van der Waals surface area contributed by atoms with E-state index in [0.717, 1.165) is 89.0 Å². The Morgan fingerprint density at radius 1 is 1.07 bits per heavy atom. The van der Waals surface area contributed by atoms with Gasteiger partial charge in [-0.1, -0.05) is 18.2 Å². The van der Waals surface area contributed by atoms with Gasteiger partial charge in [-0.15, -0.1) is 0 Å². The highest BCUT2D eigenvalue weighted by molar-refractivity contribution is 5.98. The van der Waals surface area contributed by atoms with Crippen molar-refractivity contribution in [2.75, 3.05) is 31.2 Å². The van der Waals surface area contributed by atoms with Crippen molar-refractivity contribution in [3.05, 3.63) is 53.9 Å². The van der Waals surface area contributed by atoms with Gasteiger partial charge in [0.15, 0.2) is 11.2 Å². The summed E-state index contributed by atoms with van der Waals surface area (Å²) in [5, 5.41) is 12.5. The molecule has 42 heavy (non-hydrogen) atoms. The first-order valence-corrected chi connectivity index (χ1v) is 14.6. The van der Waals surface area contributed by atoms with Gasteiger partial charge < -0.3 is 25.7 Å². The van der Waals surface area contributed by atoms with E-state index in [2.05, 4.69) is 38.6 Å². The Labute approximate surface area is 243 Å². The number of carbonyl (C=O) groups is 1. The zero-order valence-corrected chi connectivity index (χ0v) is 24.1. The molecule has 4 N–H and O–H groups in total. The van der Waals surface area contributed by atoms with Gasteiger partial charge in [-0.2, -0.15) is 10.1 Å². The smallest absolute Gasteiger partial charge is 0.300 e. The molecule has 0 bridgehead atoms. The van der Waals surface area contributed by atoms with Gasteiger partial charge in [0.05, 0.1) is 17.5 Å². The van der Waals surface area contributed by atoms with Crippen molar-refractivity contribution in [3.8, 4) is 11.3 Å². The molecule has 7 rings (SSSR count). The highest BCUT2D eigenvalue weighted by Gasteiger charge is 2.36. The van der Waals surface area contributed by atoms with Crippen molar-refractivity contribution in [3.63, 3.8) is 0 Å². The van der Waals surface area contributed by atoms with Gasteiger partial charge in [-0.25, -0.2) is 14.6 Å².